The maximum absolute atomic E-state index is 11.0. The molecule has 0 saturated heterocycles. The van der Waals surface area contributed by atoms with Gasteiger partial charge in [-0.25, -0.2) is 9.78 Å². The smallest absolute Gasteiger partial charge is 0.355 e. The van der Waals surface area contributed by atoms with Crippen LogP contribution in [0.4, 0.5) is 5.69 Å². The second kappa shape index (κ2) is 5.70. The number of aromatic carboxylic acids is 1. The van der Waals surface area contributed by atoms with Crippen molar-refractivity contribution in [3.63, 3.8) is 0 Å². The summed E-state index contributed by atoms with van der Waals surface area (Å²) in [6.45, 7) is 0. The second-order valence-corrected chi connectivity index (χ2v) is 6.78. The number of anilines is 1. The molecule has 0 amide bonds. The summed E-state index contributed by atoms with van der Waals surface area (Å²) in [7, 11) is 0. The van der Waals surface area contributed by atoms with Gasteiger partial charge < -0.3 is 15.4 Å². The number of carboxylic acids is 1. The zero-order valence-electron chi connectivity index (χ0n) is 12.5. The van der Waals surface area contributed by atoms with Crippen LogP contribution >= 0.6 is 11.3 Å². The number of para-hydroxylation sites is 1. The lowest BCUT2D eigenvalue weighted by molar-refractivity contribution is 0.0691. The van der Waals surface area contributed by atoms with Crippen LogP contribution in [0.15, 0.2) is 29.6 Å². The van der Waals surface area contributed by atoms with Crippen LogP contribution in [-0.2, 0) is 0 Å². The van der Waals surface area contributed by atoms with Gasteiger partial charge in [0.15, 0.2) is 5.69 Å². The van der Waals surface area contributed by atoms with Crippen LogP contribution < -0.4 is 5.32 Å². The number of carbonyl (C=O) groups is 1. The molecular formula is C17H17N3O2S. The molecule has 1 saturated carbocycles. The standard InChI is InChI=1S/C17H17N3O2S/c21-17(22)14-9-23-16(20-14)13-8-10-4-3-7-12(15(10)19-13)18-11-5-1-2-6-11/h3-4,7-9,11,18-19H,1-2,5-6H2,(H,21,22). The van der Waals surface area contributed by atoms with Gasteiger partial charge >= 0.3 is 5.97 Å². The highest BCUT2D eigenvalue weighted by atomic mass is 32.1. The predicted molar refractivity (Wildman–Crippen MR) is 92.2 cm³/mol. The van der Waals surface area contributed by atoms with Crippen LogP contribution in [0.1, 0.15) is 36.2 Å². The molecule has 0 radical (unpaired) electrons. The Morgan fingerprint density at radius 3 is 2.91 bits per heavy atom. The molecule has 1 aliphatic rings. The molecule has 0 bridgehead atoms. The summed E-state index contributed by atoms with van der Waals surface area (Å²) in [6.07, 6.45) is 5.03. The topological polar surface area (TPSA) is 78.0 Å². The summed E-state index contributed by atoms with van der Waals surface area (Å²) >= 11 is 1.34. The summed E-state index contributed by atoms with van der Waals surface area (Å²) in [4.78, 5) is 18.6. The molecule has 1 fully saturated rings. The number of rotatable bonds is 4. The molecule has 0 spiro atoms. The first-order valence-electron chi connectivity index (χ1n) is 7.78. The zero-order valence-corrected chi connectivity index (χ0v) is 13.3. The predicted octanol–water partition coefficient (Wildman–Crippen LogP) is 4.34. The van der Waals surface area contributed by atoms with Gasteiger partial charge in [0.2, 0.25) is 0 Å². The number of fused-ring (bicyclic) bond motifs is 1. The number of hydrogen-bond donors (Lipinski definition) is 3. The molecule has 0 aliphatic heterocycles. The third kappa shape index (κ3) is 2.70. The number of nitrogens with zero attached hydrogens (tertiary/aromatic N) is 1. The van der Waals surface area contributed by atoms with Crippen molar-refractivity contribution in [2.75, 3.05) is 5.32 Å². The van der Waals surface area contributed by atoms with Gasteiger partial charge in [-0.3, -0.25) is 0 Å². The van der Waals surface area contributed by atoms with Crippen LogP contribution in [0.3, 0.4) is 0 Å². The van der Waals surface area contributed by atoms with E-state index in [1.807, 2.05) is 12.1 Å². The van der Waals surface area contributed by atoms with Crippen molar-refractivity contribution < 1.29 is 9.90 Å². The SMILES string of the molecule is O=C(O)c1csc(-c2cc3cccc(NC4CCCC4)c3[nH]2)n1. The Balaban J connectivity index is 1.70. The molecule has 3 aromatic rings. The Labute approximate surface area is 137 Å². The molecule has 118 valence electrons. The van der Waals surface area contributed by atoms with Crippen LogP contribution in [0.5, 0.6) is 0 Å². The lowest BCUT2D eigenvalue weighted by Gasteiger charge is -2.14. The van der Waals surface area contributed by atoms with Crippen LogP contribution in [-0.4, -0.2) is 27.1 Å². The summed E-state index contributed by atoms with van der Waals surface area (Å²) in [6, 6.07) is 8.76. The summed E-state index contributed by atoms with van der Waals surface area (Å²) in [5.41, 5.74) is 3.11. The van der Waals surface area contributed by atoms with E-state index in [2.05, 4.69) is 27.4 Å². The summed E-state index contributed by atoms with van der Waals surface area (Å²) in [5, 5.41) is 16.0. The average molecular weight is 327 g/mol. The number of carboxylic acid groups (broad SMARTS) is 1. The third-order valence-electron chi connectivity index (χ3n) is 4.32. The first kappa shape index (κ1) is 14.3. The van der Waals surface area contributed by atoms with E-state index >= 15 is 0 Å². The van der Waals surface area contributed by atoms with E-state index in [1.54, 1.807) is 5.38 Å². The summed E-state index contributed by atoms with van der Waals surface area (Å²) < 4.78 is 0. The van der Waals surface area contributed by atoms with E-state index in [0.29, 0.717) is 11.0 Å². The molecular weight excluding hydrogens is 310 g/mol. The maximum atomic E-state index is 11.0. The maximum Gasteiger partial charge on any atom is 0.355 e. The van der Waals surface area contributed by atoms with Crippen molar-refractivity contribution in [2.45, 2.75) is 31.7 Å². The molecule has 23 heavy (non-hydrogen) atoms. The van der Waals surface area contributed by atoms with Crippen molar-refractivity contribution >= 4 is 33.9 Å². The lowest BCUT2D eigenvalue weighted by atomic mass is 10.2. The number of H-pyrrole nitrogens is 1. The number of aromatic nitrogens is 2. The summed E-state index contributed by atoms with van der Waals surface area (Å²) in [5.74, 6) is -0.993. The largest absolute Gasteiger partial charge is 0.476 e. The van der Waals surface area contributed by atoms with E-state index in [1.165, 1.54) is 37.0 Å². The van der Waals surface area contributed by atoms with Gasteiger partial charge in [-0.15, -0.1) is 11.3 Å². The van der Waals surface area contributed by atoms with Crippen LogP contribution in [0, 0.1) is 0 Å². The number of hydrogen-bond acceptors (Lipinski definition) is 4. The van der Waals surface area contributed by atoms with Crippen molar-refractivity contribution in [3.05, 3.63) is 35.3 Å². The van der Waals surface area contributed by atoms with Gasteiger partial charge in [0.1, 0.15) is 5.01 Å². The molecule has 1 aromatic carbocycles. The quantitative estimate of drug-likeness (QED) is 0.666. The fraction of sp³-hybridized carbons (Fsp3) is 0.294. The number of nitrogens with one attached hydrogen (secondary N) is 2. The van der Waals surface area contributed by atoms with Crippen molar-refractivity contribution in [1.82, 2.24) is 9.97 Å². The molecule has 2 heterocycles. The van der Waals surface area contributed by atoms with E-state index in [-0.39, 0.29) is 5.69 Å². The number of benzene rings is 1. The fourth-order valence-electron chi connectivity index (χ4n) is 3.18. The molecule has 3 N–H and O–H groups in total. The first-order valence-corrected chi connectivity index (χ1v) is 8.66. The van der Waals surface area contributed by atoms with Gasteiger partial charge in [0.25, 0.3) is 0 Å². The van der Waals surface area contributed by atoms with Crippen LogP contribution in [0.2, 0.25) is 0 Å². The third-order valence-corrected chi connectivity index (χ3v) is 5.20. The van der Waals surface area contributed by atoms with Crippen LogP contribution in [0.25, 0.3) is 21.6 Å². The highest BCUT2D eigenvalue weighted by molar-refractivity contribution is 7.13. The van der Waals surface area contributed by atoms with Gasteiger partial charge in [0, 0.05) is 16.8 Å². The normalized spacial score (nSPS) is 15.3. The Hall–Kier alpha value is -2.34. The minimum absolute atomic E-state index is 0.0907. The number of thiazole rings is 1. The van der Waals surface area contributed by atoms with Crippen molar-refractivity contribution in [3.8, 4) is 10.7 Å². The van der Waals surface area contributed by atoms with E-state index in [9.17, 15) is 4.79 Å². The van der Waals surface area contributed by atoms with Gasteiger partial charge in [-0.1, -0.05) is 25.0 Å². The highest BCUT2D eigenvalue weighted by Crippen LogP contribution is 2.32. The highest BCUT2D eigenvalue weighted by Gasteiger charge is 2.17. The van der Waals surface area contributed by atoms with Crippen molar-refractivity contribution in [2.24, 2.45) is 0 Å². The minimum Gasteiger partial charge on any atom is -0.476 e. The minimum atomic E-state index is -0.993. The first-order chi connectivity index (χ1) is 11.2. The monoisotopic (exact) mass is 327 g/mol. The molecule has 2 aromatic heterocycles. The molecule has 0 unspecified atom stereocenters. The van der Waals surface area contributed by atoms with E-state index < -0.39 is 5.97 Å². The lowest BCUT2D eigenvalue weighted by Crippen LogP contribution is -2.14. The van der Waals surface area contributed by atoms with E-state index in [4.69, 9.17) is 5.11 Å². The van der Waals surface area contributed by atoms with Gasteiger partial charge in [-0.2, -0.15) is 0 Å². The molecule has 4 rings (SSSR count). The number of aromatic amines is 1. The second-order valence-electron chi connectivity index (χ2n) is 5.92. The Bertz CT molecular complexity index is 862. The fourth-order valence-corrected chi connectivity index (χ4v) is 3.94. The van der Waals surface area contributed by atoms with E-state index in [0.717, 1.165) is 22.3 Å². The van der Waals surface area contributed by atoms with Gasteiger partial charge in [0.05, 0.1) is 16.9 Å². The molecule has 6 heteroatoms. The molecule has 5 nitrogen and oxygen atoms in total. The Morgan fingerprint density at radius 2 is 2.17 bits per heavy atom. The van der Waals surface area contributed by atoms with Crippen molar-refractivity contribution in [1.29, 1.82) is 0 Å². The molecule has 0 atom stereocenters. The van der Waals surface area contributed by atoms with Gasteiger partial charge in [-0.05, 0) is 25.0 Å². The Kier molecular flexibility index (Phi) is 3.53. The Morgan fingerprint density at radius 1 is 1.35 bits per heavy atom. The average Bonchev–Trinajstić information content (AvgIpc) is 3.27. The molecule has 1 aliphatic carbocycles. The zero-order chi connectivity index (χ0) is 15.8.